The van der Waals surface area contributed by atoms with Crippen LogP contribution in [-0.2, 0) is 0 Å². The van der Waals surface area contributed by atoms with Gasteiger partial charge in [0.2, 0.25) is 0 Å². The first-order valence-corrected chi connectivity index (χ1v) is 7.68. The number of nitrogens with one attached hydrogen (secondary N) is 1. The third-order valence-corrected chi connectivity index (χ3v) is 3.89. The highest BCUT2D eigenvalue weighted by Crippen LogP contribution is 2.22. The first kappa shape index (κ1) is 16.9. The lowest BCUT2D eigenvalue weighted by atomic mass is 10.0. The van der Waals surface area contributed by atoms with Crippen molar-refractivity contribution in [3.63, 3.8) is 0 Å². The molecule has 1 atom stereocenters. The normalized spacial score (nSPS) is 11.7. The second kappa shape index (κ2) is 7.68. The van der Waals surface area contributed by atoms with Gasteiger partial charge in [0, 0.05) is 5.56 Å². The SMILES string of the molecule is CC[C@H](NC(=O)c1ccc(OC)c(C)c1)c1ccc(OC)cc1. The van der Waals surface area contributed by atoms with E-state index in [2.05, 4.69) is 12.2 Å². The van der Waals surface area contributed by atoms with Crippen LogP contribution in [0.15, 0.2) is 42.5 Å². The van der Waals surface area contributed by atoms with E-state index >= 15 is 0 Å². The van der Waals surface area contributed by atoms with Gasteiger partial charge in [0.05, 0.1) is 20.3 Å². The fourth-order valence-electron chi connectivity index (χ4n) is 2.52. The molecule has 2 rings (SSSR count). The van der Waals surface area contributed by atoms with Gasteiger partial charge >= 0.3 is 0 Å². The second-order valence-corrected chi connectivity index (χ2v) is 5.39. The molecule has 0 aliphatic rings. The first-order chi connectivity index (χ1) is 11.1. The summed E-state index contributed by atoms with van der Waals surface area (Å²) in [5.41, 5.74) is 2.64. The van der Waals surface area contributed by atoms with Gasteiger partial charge in [-0.25, -0.2) is 0 Å². The zero-order valence-corrected chi connectivity index (χ0v) is 14.1. The number of hydrogen-bond donors (Lipinski definition) is 1. The summed E-state index contributed by atoms with van der Waals surface area (Å²) in [5, 5.41) is 3.08. The lowest BCUT2D eigenvalue weighted by Crippen LogP contribution is -2.28. The molecule has 1 N–H and O–H groups in total. The number of aryl methyl sites for hydroxylation is 1. The second-order valence-electron chi connectivity index (χ2n) is 5.39. The van der Waals surface area contributed by atoms with Gasteiger partial charge < -0.3 is 14.8 Å². The molecule has 0 aliphatic heterocycles. The van der Waals surface area contributed by atoms with E-state index in [4.69, 9.17) is 9.47 Å². The molecule has 4 heteroatoms. The fourth-order valence-corrected chi connectivity index (χ4v) is 2.52. The number of methoxy groups -OCH3 is 2. The molecule has 0 aromatic heterocycles. The molecule has 2 aromatic rings. The van der Waals surface area contributed by atoms with Crippen molar-refractivity contribution in [1.29, 1.82) is 0 Å². The third kappa shape index (κ3) is 4.03. The molecule has 2 aromatic carbocycles. The van der Waals surface area contributed by atoms with E-state index in [0.717, 1.165) is 29.0 Å². The van der Waals surface area contributed by atoms with E-state index < -0.39 is 0 Å². The average molecular weight is 313 g/mol. The highest BCUT2D eigenvalue weighted by Gasteiger charge is 2.15. The quantitative estimate of drug-likeness (QED) is 0.880. The van der Waals surface area contributed by atoms with Crippen molar-refractivity contribution < 1.29 is 14.3 Å². The largest absolute Gasteiger partial charge is 0.497 e. The van der Waals surface area contributed by atoms with Gasteiger partial charge in [-0.15, -0.1) is 0 Å². The van der Waals surface area contributed by atoms with E-state index in [9.17, 15) is 4.79 Å². The van der Waals surface area contributed by atoms with Crippen molar-refractivity contribution in [2.75, 3.05) is 14.2 Å². The summed E-state index contributed by atoms with van der Waals surface area (Å²) in [6.07, 6.45) is 0.813. The molecule has 0 saturated carbocycles. The monoisotopic (exact) mass is 313 g/mol. The molecule has 0 heterocycles. The van der Waals surface area contributed by atoms with E-state index in [-0.39, 0.29) is 11.9 Å². The van der Waals surface area contributed by atoms with Gasteiger partial charge in [0.25, 0.3) is 5.91 Å². The molecule has 0 spiro atoms. The maximum Gasteiger partial charge on any atom is 0.251 e. The summed E-state index contributed by atoms with van der Waals surface area (Å²) in [7, 11) is 3.26. The van der Waals surface area contributed by atoms with Crippen LogP contribution in [0.3, 0.4) is 0 Å². The highest BCUT2D eigenvalue weighted by atomic mass is 16.5. The molecule has 23 heavy (non-hydrogen) atoms. The topological polar surface area (TPSA) is 47.6 Å². The van der Waals surface area contributed by atoms with Gasteiger partial charge in [-0.2, -0.15) is 0 Å². The van der Waals surface area contributed by atoms with Crippen LogP contribution in [0.5, 0.6) is 11.5 Å². The maximum atomic E-state index is 12.5. The molecular formula is C19H23NO3. The minimum absolute atomic E-state index is 0.0317. The van der Waals surface area contributed by atoms with Crippen LogP contribution in [-0.4, -0.2) is 20.1 Å². The van der Waals surface area contributed by atoms with Crippen molar-refractivity contribution in [3.8, 4) is 11.5 Å². The van der Waals surface area contributed by atoms with Crippen LogP contribution >= 0.6 is 0 Å². The molecule has 0 radical (unpaired) electrons. The molecule has 0 aliphatic carbocycles. The number of amides is 1. The van der Waals surface area contributed by atoms with Crippen molar-refractivity contribution in [2.24, 2.45) is 0 Å². The molecule has 0 bridgehead atoms. The summed E-state index contributed by atoms with van der Waals surface area (Å²) in [5.74, 6) is 1.50. The molecule has 4 nitrogen and oxygen atoms in total. The Morgan fingerprint density at radius 2 is 1.78 bits per heavy atom. The zero-order valence-electron chi connectivity index (χ0n) is 14.1. The van der Waals surface area contributed by atoms with E-state index in [1.54, 1.807) is 20.3 Å². The average Bonchev–Trinajstić information content (AvgIpc) is 2.59. The van der Waals surface area contributed by atoms with Crippen LogP contribution < -0.4 is 14.8 Å². The van der Waals surface area contributed by atoms with Gasteiger partial charge in [-0.05, 0) is 54.8 Å². The molecule has 0 fully saturated rings. The zero-order chi connectivity index (χ0) is 16.8. The Kier molecular flexibility index (Phi) is 5.63. The van der Waals surface area contributed by atoms with Crippen molar-refractivity contribution in [3.05, 3.63) is 59.2 Å². The molecule has 0 saturated heterocycles. The number of hydrogen-bond acceptors (Lipinski definition) is 3. The van der Waals surface area contributed by atoms with E-state index in [1.807, 2.05) is 43.3 Å². The van der Waals surface area contributed by atoms with Crippen molar-refractivity contribution in [2.45, 2.75) is 26.3 Å². The standard InChI is InChI=1S/C19H23NO3/c1-5-17(14-6-9-16(22-3)10-7-14)20-19(21)15-8-11-18(23-4)13(2)12-15/h6-12,17H,5H2,1-4H3,(H,20,21)/t17-/m0/s1. The first-order valence-electron chi connectivity index (χ1n) is 7.68. The van der Waals surface area contributed by atoms with Gasteiger partial charge in [-0.1, -0.05) is 19.1 Å². The van der Waals surface area contributed by atoms with Gasteiger partial charge in [0.15, 0.2) is 0 Å². The summed E-state index contributed by atoms with van der Waals surface area (Å²) in [4.78, 5) is 12.5. The number of rotatable bonds is 6. The van der Waals surface area contributed by atoms with Crippen molar-refractivity contribution >= 4 is 5.91 Å². The Hall–Kier alpha value is -2.49. The highest BCUT2D eigenvalue weighted by molar-refractivity contribution is 5.94. The summed E-state index contributed by atoms with van der Waals surface area (Å²) >= 11 is 0. The summed E-state index contributed by atoms with van der Waals surface area (Å²) < 4.78 is 10.4. The van der Waals surface area contributed by atoms with Crippen LogP contribution in [0.2, 0.25) is 0 Å². The van der Waals surface area contributed by atoms with Crippen LogP contribution in [0, 0.1) is 6.92 Å². The van der Waals surface area contributed by atoms with E-state index in [0.29, 0.717) is 5.56 Å². The summed E-state index contributed by atoms with van der Waals surface area (Å²) in [6, 6.07) is 13.2. The number of benzene rings is 2. The summed E-state index contributed by atoms with van der Waals surface area (Å²) in [6.45, 7) is 3.98. The number of carbonyl (C=O) groups excluding carboxylic acids is 1. The van der Waals surface area contributed by atoms with Crippen LogP contribution in [0.4, 0.5) is 0 Å². The predicted molar refractivity (Wildman–Crippen MR) is 91.2 cm³/mol. The minimum Gasteiger partial charge on any atom is -0.497 e. The molecule has 122 valence electrons. The van der Waals surface area contributed by atoms with Crippen molar-refractivity contribution in [1.82, 2.24) is 5.32 Å². The smallest absolute Gasteiger partial charge is 0.251 e. The third-order valence-electron chi connectivity index (χ3n) is 3.89. The lowest BCUT2D eigenvalue weighted by molar-refractivity contribution is 0.0935. The Balaban J connectivity index is 2.14. The maximum absolute atomic E-state index is 12.5. The van der Waals surface area contributed by atoms with Crippen LogP contribution in [0.25, 0.3) is 0 Å². The Morgan fingerprint density at radius 1 is 1.09 bits per heavy atom. The lowest BCUT2D eigenvalue weighted by Gasteiger charge is -2.18. The number of ether oxygens (including phenoxy) is 2. The predicted octanol–water partition coefficient (Wildman–Crippen LogP) is 3.89. The van der Waals surface area contributed by atoms with Gasteiger partial charge in [-0.3, -0.25) is 4.79 Å². The Bertz CT molecular complexity index is 665. The minimum atomic E-state index is -0.0848. The molecule has 1 amide bonds. The van der Waals surface area contributed by atoms with E-state index in [1.165, 1.54) is 0 Å². The molecule has 0 unspecified atom stereocenters. The Morgan fingerprint density at radius 3 is 2.30 bits per heavy atom. The number of carbonyl (C=O) groups is 1. The molecular weight excluding hydrogens is 290 g/mol. The Labute approximate surface area is 137 Å². The van der Waals surface area contributed by atoms with Gasteiger partial charge in [0.1, 0.15) is 11.5 Å². The fraction of sp³-hybridized carbons (Fsp3) is 0.316. The van der Waals surface area contributed by atoms with Crippen LogP contribution in [0.1, 0.15) is 40.9 Å².